The molecular weight excluding hydrogens is 344 g/mol. The number of hydrogen-bond donors (Lipinski definition) is 1. The van der Waals surface area contributed by atoms with Gasteiger partial charge in [0, 0.05) is 34.1 Å². The number of piperazine rings is 1. The van der Waals surface area contributed by atoms with Crippen LogP contribution in [-0.2, 0) is 0 Å². The smallest absolute Gasteiger partial charge is 0.0525 e. The van der Waals surface area contributed by atoms with Crippen LogP contribution in [0.25, 0.3) is 0 Å². The summed E-state index contributed by atoms with van der Waals surface area (Å²) in [5.41, 5.74) is 1.29. The molecule has 94 valence electrons. The molecule has 1 fully saturated rings. The number of anilines is 1. The Morgan fingerprint density at radius 3 is 2.88 bits per heavy atom. The number of halogens is 2. The maximum absolute atomic E-state index is 3.66. The third-order valence-corrected chi connectivity index (χ3v) is 4.47. The average molecular weight is 362 g/mol. The molecule has 0 bridgehead atoms. The van der Waals surface area contributed by atoms with E-state index < -0.39 is 0 Å². The van der Waals surface area contributed by atoms with Crippen molar-refractivity contribution in [3.05, 3.63) is 27.1 Å². The summed E-state index contributed by atoms with van der Waals surface area (Å²) in [7, 11) is 0. The summed E-state index contributed by atoms with van der Waals surface area (Å²) in [5.74, 6) is 0. The van der Waals surface area contributed by atoms with Crippen LogP contribution >= 0.6 is 31.9 Å². The number of hydrogen-bond acceptors (Lipinski definition) is 2. The molecule has 4 heteroatoms. The van der Waals surface area contributed by atoms with E-state index >= 15 is 0 Å². The average Bonchev–Trinajstić information content (AvgIpc) is 2.32. The normalized spacial score (nSPS) is 25.1. The fourth-order valence-corrected chi connectivity index (χ4v) is 3.15. The van der Waals surface area contributed by atoms with Crippen LogP contribution in [0.1, 0.15) is 20.3 Å². The summed E-state index contributed by atoms with van der Waals surface area (Å²) >= 11 is 7.22. The quantitative estimate of drug-likeness (QED) is 0.862. The van der Waals surface area contributed by atoms with Gasteiger partial charge in [0.05, 0.1) is 5.69 Å². The predicted molar refractivity (Wildman–Crippen MR) is 80.7 cm³/mol. The highest BCUT2D eigenvalue weighted by atomic mass is 79.9. The van der Waals surface area contributed by atoms with Crippen LogP contribution in [0.4, 0.5) is 5.69 Å². The molecule has 0 aliphatic carbocycles. The van der Waals surface area contributed by atoms with Crippen molar-refractivity contribution in [2.45, 2.75) is 32.4 Å². The van der Waals surface area contributed by atoms with Crippen LogP contribution in [-0.4, -0.2) is 25.2 Å². The van der Waals surface area contributed by atoms with E-state index in [0.29, 0.717) is 12.1 Å². The first-order valence-corrected chi connectivity index (χ1v) is 7.65. The fourth-order valence-electron chi connectivity index (χ4n) is 2.32. The van der Waals surface area contributed by atoms with Gasteiger partial charge in [-0.2, -0.15) is 0 Å². The third-order valence-electron chi connectivity index (χ3n) is 3.30. The highest BCUT2D eigenvalue weighted by Gasteiger charge is 2.25. The topological polar surface area (TPSA) is 15.3 Å². The first-order valence-electron chi connectivity index (χ1n) is 6.07. The van der Waals surface area contributed by atoms with Crippen LogP contribution < -0.4 is 10.2 Å². The molecule has 17 heavy (non-hydrogen) atoms. The predicted octanol–water partition coefficient (Wildman–Crippen LogP) is 3.79. The van der Waals surface area contributed by atoms with Crippen molar-refractivity contribution in [3.63, 3.8) is 0 Å². The van der Waals surface area contributed by atoms with Gasteiger partial charge in [-0.15, -0.1) is 0 Å². The molecule has 0 spiro atoms. The number of nitrogens with zero attached hydrogens (tertiary/aromatic N) is 1. The van der Waals surface area contributed by atoms with Gasteiger partial charge in [-0.1, -0.05) is 22.9 Å². The molecule has 2 nitrogen and oxygen atoms in total. The third kappa shape index (κ3) is 3.04. The Morgan fingerprint density at radius 2 is 2.18 bits per heavy atom. The Balaban J connectivity index is 2.31. The van der Waals surface area contributed by atoms with Crippen molar-refractivity contribution < 1.29 is 0 Å². The molecule has 1 aromatic carbocycles. The Labute approximate surface area is 120 Å². The molecule has 2 atom stereocenters. The molecule has 1 heterocycles. The number of benzene rings is 1. The van der Waals surface area contributed by atoms with Gasteiger partial charge in [0.2, 0.25) is 0 Å². The van der Waals surface area contributed by atoms with E-state index in [4.69, 9.17) is 0 Å². The standard InChI is InChI=1S/C13H18Br2N2/c1-3-11-7-16-9(2)8-17(11)13-6-10(14)4-5-12(13)15/h4-6,9,11,16H,3,7-8H2,1-2H3. The molecule has 1 aromatic rings. The second-order valence-electron chi connectivity index (χ2n) is 4.62. The zero-order chi connectivity index (χ0) is 12.4. The van der Waals surface area contributed by atoms with Gasteiger partial charge in [-0.25, -0.2) is 0 Å². The SMILES string of the molecule is CCC1CNC(C)CN1c1cc(Br)ccc1Br. The Kier molecular flexibility index (Phi) is 4.50. The summed E-state index contributed by atoms with van der Waals surface area (Å²) in [5, 5.41) is 3.55. The minimum absolute atomic E-state index is 0.545. The Bertz CT molecular complexity index is 395. The largest absolute Gasteiger partial charge is 0.365 e. The summed E-state index contributed by atoms with van der Waals surface area (Å²) in [6.45, 7) is 6.62. The number of rotatable bonds is 2. The highest BCUT2D eigenvalue weighted by molar-refractivity contribution is 9.11. The summed E-state index contributed by atoms with van der Waals surface area (Å²) in [4.78, 5) is 2.51. The van der Waals surface area contributed by atoms with E-state index in [-0.39, 0.29) is 0 Å². The first kappa shape index (κ1) is 13.4. The van der Waals surface area contributed by atoms with E-state index in [0.717, 1.165) is 17.6 Å². The van der Waals surface area contributed by atoms with E-state index in [1.54, 1.807) is 0 Å². The van der Waals surface area contributed by atoms with Crippen LogP contribution in [0.2, 0.25) is 0 Å². The number of nitrogens with one attached hydrogen (secondary N) is 1. The van der Waals surface area contributed by atoms with Crippen molar-refractivity contribution in [2.75, 3.05) is 18.0 Å². The minimum Gasteiger partial charge on any atom is -0.365 e. The van der Waals surface area contributed by atoms with Gasteiger partial charge in [-0.05, 0) is 47.5 Å². The van der Waals surface area contributed by atoms with Gasteiger partial charge < -0.3 is 10.2 Å². The molecule has 1 saturated heterocycles. The molecular formula is C13H18Br2N2. The van der Waals surface area contributed by atoms with E-state index in [2.05, 4.69) is 74.1 Å². The van der Waals surface area contributed by atoms with Crippen LogP contribution in [0, 0.1) is 0 Å². The molecule has 0 amide bonds. The van der Waals surface area contributed by atoms with Crippen molar-refractivity contribution in [1.82, 2.24) is 5.32 Å². The summed E-state index contributed by atoms with van der Waals surface area (Å²) in [6.07, 6.45) is 1.17. The lowest BCUT2D eigenvalue weighted by atomic mass is 10.1. The van der Waals surface area contributed by atoms with Crippen molar-refractivity contribution in [1.29, 1.82) is 0 Å². The molecule has 1 N–H and O–H groups in total. The lowest BCUT2D eigenvalue weighted by Gasteiger charge is -2.41. The molecule has 0 saturated carbocycles. The van der Waals surface area contributed by atoms with Gasteiger partial charge in [0.15, 0.2) is 0 Å². The van der Waals surface area contributed by atoms with Crippen LogP contribution in [0.5, 0.6) is 0 Å². The minimum atomic E-state index is 0.545. The maximum Gasteiger partial charge on any atom is 0.0525 e. The molecule has 2 rings (SSSR count). The maximum atomic E-state index is 3.66. The van der Waals surface area contributed by atoms with Crippen molar-refractivity contribution in [3.8, 4) is 0 Å². The van der Waals surface area contributed by atoms with E-state index in [1.165, 1.54) is 16.6 Å². The van der Waals surface area contributed by atoms with Gasteiger partial charge >= 0.3 is 0 Å². The van der Waals surface area contributed by atoms with Gasteiger partial charge in [0.1, 0.15) is 0 Å². The second kappa shape index (κ2) is 5.72. The molecule has 0 aromatic heterocycles. The lowest BCUT2D eigenvalue weighted by Crippen LogP contribution is -2.55. The van der Waals surface area contributed by atoms with Gasteiger partial charge in [-0.3, -0.25) is 0 Å². The van der Waals surface area contributed by atoms with Crippen molar-refractivity contribution in [2.24, 2.45) is 0 Å². The van der Waals surface area contributed by atoms with Gasteiger partial charge in [0.25, 0.3) is 0 Å². The second-order valence-corrected chi connectivity index (χ2v) is 6.39. The van der Waals surface area contributed by atoms with Crippen LogP contribution in [0.3, 0.4) is 0 Å². The Morgan fingerprint density at radius 1 is 1.41 bits per heavy atom. The first-order chi connectivity index (χ1) is 8.11. The monoisotopic (exact) mass is 360 g/mol. The fraction of sp³-hybridized carbons (Fsp3) is 0.538. The van der Waals surface area contributed by atoms with Crippen molar-refractivity contribution >= 4 is 37.5 Å². The Hall–Kier alpha value is -0.0600. The highest BCUT2D eigenvalue weighted by Crippen LogP contribution is 2.32. The zero-order valence-electron chi connectivity index (χ0n) is 10.2. The summed E-state index contributed by atoms with van der Waals surface area (Å²) in [6, 6.07) is 7.50. The molecule has 1 aliphatic heterocycles. The van der Waals surface area contributed by atoms with E-state index in [9.17, 15) is 0 Å². The molecule has 0 radical (unpaired) electrons. The zero-order valence-corrected chi connectivity index (χ0v) is 13.4. The molecule has 1 aliphatic rings. The lowest BCUT2D eigenvalue weighted by molar-refractivity contribution is 0.402. The van der Waals surface area contributed by atoms with Crippen LogP contribution in [0.15, 0.2) is 27.1 Å². The van der Waals surface area contributed by atoms with E-state index in [1.807, 2.05) is 0 Å². The molecule has 2 unspecified atom stereocenters. The summed E-state index contributed by atoms with van der Waals surface area (Å²) < 4.78 is 2.31.